The number of carbonyl (C=O) groups is 1. The maximum Gasteiger partial charge on any atom is 0.251 e. The Bertz CT molecular complexity index is 461. The smallest absolute Gasteiger partial charge is 0.251 e. The van der Waals surface area contributed by atoms with E-state index in [-0.39, 0.29) is 5.91 Å². The van der Waals surface area contributed by atoms with Gasteiger partial charge in [0.25, 0.3) is 5.91 Å². The van der Waals surface area contributed by atoms with Gasteiger partial charge in [0.15, 0.2) is 0 Å². The molecule has 1 aliphatic rings. The van der Waals surface area contributed by atoms with Crippen LogP contribution in [0.15, 0.2) is 22.7 Å². The van der Waals surface area contributed by atoms with E-state index in [1.54, 1.807) is 18.2 Å². The van der Waals surface area contributed by atoms with Gasteiger partial charge < -0.3 is 11.1 Å². The monoisotopic (exact) mass is 324 g/mol. The van der Waals surface area contributed by atoms with Crippen molar-refractivity contribution >= 4 is 27.5 Å². The summed E-state index contributed by atoms with van der Waals surface area (Å²) in [5, 5.41) is 3.18. The van der Waals surface area contributed by atoms with Gasteiger partial charge in [-0.2, -0.15) is 0 Å². The molecule has 3 N–H and O–H groups in total. The van der Waals surface area contributed by atoms with Gasteiger partial charge in [0.05, 0.1) is 0 Å². The molecule has 3 nitrogen and oxygen atoms in total. The standard InChI is InChI=1S/C15H21BrN2O/c1-2-10-5-3-4-6-14(10)18-15(19)11-7-8-13(17)12(16)9-11/h7-10,14H,2-6,17H2,1H3,(H,18,19). The fraction of sp³-hybridized carbons (Fsp3) is 0.533. The third-order valence-corrected chi connectivity index (χ3v) is 4.70. The molecule has 1 amide bonds. The van der Waals surface area contributed by atoms with Crippen LogP contribution in [0.25, 0.3) is 0 Å². The van der Waals surface area contributed by atoms with E-state index in [0.29, 0.717) is 23.2 Å². The Kier molecular flexibility index (Phi) is 4.86. The first-order valence-corrected chi connectivity index (χ1v) is 7.77. The van der Waals surface area contributed by atoms with E-state index < -0.39 is 0 Å². The van der Waals surface area contributed by atoms with Crippen LogP contribution < -0.4 is 11.1 Å². The largest absolute Gasteiger partial charge is 0.398 e. The molecule has 104 valence electrons. The maximum atomic E-state index is 12.3. The summed E-state index contributed by atoms with van der Waals surface area (Å²) in [6, 6.07) is 5.65. The maximum absolute atomic E-state index is 12.3. The van der Waals surface area contributed by atoms with E-state index in [1.165, 1.54) is 19.3 Å². The Morgan fingerprint density at radius 1 is 1.42 bits per heavy atom. The highest BCUT2D eigenvalue weighted by Crippen LogP contribution is 2.27. The molecule has 0 spiro atoms. The molecule has 4 heteroatoms. The fourth-order valence-corrected chi connectivity index (χ4v) is 3.19. The zero-order valence-corrected chi connectivity index (χ0v) is 12.9. The van der Waals surface area contributed by atoms with Gasteiger partial charge in [0.1, 0.15) is 0 Å². The third kappa shape index (κ3) is 3.50. The highest BCUT2D eigenvalue weighted by atomic mass is 79.9. The van der Waals surface area contributed by atoms with Crippen LogP contribution in [0.5, 0.6) is 0 Å². The highest BCUT2D eigenvalue weighted by Gasteiger charge is 2.25. The molecule has 0 aromatic heterocycles. The molecule has 1 aromatic rings. The zero-order chi connectivity index (χ0) is 13.8. The number of benzene rings is 1. The zero-order valence-electron chi connectivity index (χ0n) is 11.3. The number of nitrogen functional groups attached to an aromatic ring is 1. The van der Waals surface area contributed by atoms with Gasteiger partial charge in [0, 0.05) is 21.8 Å². The summed E-state index contributed by atoms with van der Waals surface area (Å²) in [6.45, 7) is 2.20. The predicted molar refractivity (Wildman–Crippen MR) is 82.1 cm³/mol. The molecular weight excluding hydrogens is 304 g/mol. The first-order chi connectivity index (χ1) is 9.11. The topological polar surface area (TPSA) is 55.1 Å². The number of halogens is 1. The lowest BCUT2D eigenvalue weighted by molar-refractivity contribution is 0.0904. The van der Waals surface area contributed by atoms with Gasteiger partial charge in [-0.1, -0.05) is 26.2 Å². The summed E-state index contributed by atoms with van der Waals surface area (Å²) >= 11 is 3.36. The first-order valence-electron chi connectivity index (χ1n) is 6.97. The number of rotatable bonds is 3. The normalized spacial score (nSPS) is 23.1. The quantitative estimate of drug-likeness (QED) is 0.832. The summed E-state index contributed by atoms with van der Waals surface area (Å²) in [6.07, 6.45) is 5.97. The lowest BCUT2D eigenvalue weighted by atomic mass is 9.83. The molecule has 0 aliphatic heterocycles. The molecule has 1 fully saturated rings. The Morgan fingerprint density at radius 3 is 2.84 bits per heavy atom. The average Bonchev–Trinajstić information content (AvgIpc) is 2.42. The van der Waals surface area contributed by atoms with Crippen molar-refractivity contribution in [3.63, 3.8) is 0 Å². The fourth-order valence-electron chi connectivity index (χ4n) is 2.81. The average molecular weight is 325 g/mol. The number of hydrogen-bond acceptors (Lipinski definition) is 2. The molecule has 0 bridgehead atoms. The minimum absolute atomic E-state index is 0.00560. The number of anilines is 1. The molecule has 0 heterocycles. The van der Waals surface area contributed by atoms with Crippen LogP contribution in [0, 0.1) is 5.92 Å². The summed E-state index contributed by atoms with van der Waals surface area (Å²) in [5.74, 6) is 0.626. The summed E-state index contributed by atoms with van der Waals surface area (Å²) in [5.41, 5.74) is 7.06. The molecule has 2 atom stereocenters. The van der Waals surface area contributed by atoms with Gasteiger partial charge in [-0.15, -0.1) is 0 Å². The van der Waals surface area contributed by atoms with Crippen LogP contribution in [-0.4, -0.2) is 11.9 Å². The Morgan fingerprint density at radius 2 is 2.16 bits per heavy atom. The van der Waals surface area contributed by atoms with E-state index in [4.69, 9.17) is 5.73 Å². The third-order valence-electron chi connectivity index (χ3n) is 4.01. The van der Waals surface area contributed by atoms with E-state index in [2.05, 4.69) is 28.2 Å². The number of carbonyl (C=O) groups excluding carboxylic acids is 1. The highest BCUT2D eigenvalue weighted by molar-refractivity contribution is 9.10. The summed E-state index contributed by atoms with van der Waals surface area (Å²) < 4.78 is 0.774. The number of nitrogens with two attached hydrogens (primary N) is 1. The van der Waals surface area contributed by atoms with Gasteiger partial charge in [-0.05, 0) is 52.9 Å². The van der Waals surface area contributed by atoms with Crippen molar-refractivity contribution in [2.24, 2.45) is 5.92 Å². The van der Waals surface area contributed by atoms with Crippen molar-refractivity contribution in [2.45, 2.75) is 45.1 Å². The molecular formula is C15H21BrN2O. The molecule has 1 aromatic carbocycles. The second-order valence-corrected chi connectivity index (χ2v) is 6.12. The Balaban J connectivity index is 2.05. The van der Waals surface area contributed by atoms with Crippen LogP contribution in [-0.2, 0) is 0 Å². The first kappa shape index (κ1) is 14.4. The molecule has 1 aliphatic carbocycles. The molecule has 2 unspecified atom stereocenters. The van der Waals surface area contributed by atoms with Crippen LogP contribution in [0.4, 0.5) is 5.69 Å². The number of nitrogens with one attached hydrogen (secondary N) is 1. The predicted octanol–water partition coefficient (Wildman–Crippen LogP) is 3.73. The minimum atomic E-state index is 0.00560. The lowest BCUT2D eigenvalue weighted by Gasteiger charge is -2.31. The van der Waals surface area contributed by atoms with Crippen LogP contribution in [0.3, 0.4) is 0 Å². The molecule has 2 rings (SSSR count). The van der Waals surface area contributed by atoms with E-state index in [0.717, 1.165) is 17.3 Å². The van der Waals surface area contributed by atoms with E-state index in [9.17, 15) is 4.79 Å². The molecule has 0 saturated heterocycles. The summed E-state index contributed by atoms with van der Waals surface area (Å²) in [7, 11) is 0. The molecule has 1 saturated carbocycles. The van der Waals surface area contributed by atoms with Gasteiger partial charge in [-0.25, -0.2) is 0 Å². The minimum Gasteiger partial charge on any atom is -0.398 e. The second kappa shape index (κ2) is 6.42. The van der Waals surface area contributed by atoms with Crippen molar-refractivity contribution in [3.05, 3.63) is 28.2 Å². The van der Waals surface area contributed by atoms with Crippen LogP contribution in [0.2, 0.25) is 0 Å². The number of amides is 1. The van der Waals surface area contributed by atoms with Crippen molar-refractivity contribution in [1.82, 2.24) is 5.32 Å². The van der Waals surface area contributed by atoms with Crippen LogP contribution >= 0.6 is 15.9 Å². The van der Waals surface area contributed by atoms with Gasteiger partial charge in [0.2, 0.25) is 0 Å². The van der Waals surface area contributed by atoms with Crippen molar-refractivity contribution in [2.75, 3.05) is 5.73 Å². The van der Waals surface area contributed by atoms with E-state index >= 15 is 0 Å². The molecule has 0 radical (unpaired) electrons. The number of hydrogen-bond donors (Lipinski definition) is 2. The SMILES string of the molecule is CCC1CCCCC1NC(=O)c1ccc(N)c(Br)c1. The van der Waals surface area contributed by atoms with Crippen LogP contribution in [0.1, 0.15) is 49.4 Å². The van der Waals surface area contributed by atoms with Gasteiger partial charge in [-0.3, -0.25) is 4.79 Å². The second-order valence-electron chi connectivity index (χ2n) is 5.27. The lowest BCUT2D eigenvalue weighted by Crippen LogP contribution is -2.41. The molecule has 19 heavy (non-hydrogen) atoms. The van der Waals surface area contributed by atoms with Gasteiger partial charge >= 0.3 is 0 Å². The Hall–Kier alpha value is -1.03. The van der Waals surface area contributed by atoms with Crippen molar-refractivity contribution in [1.29, 1.82) is 0 Å². The van der Waals surface area contributed by atoms with Crippen molar-refractivity contribution in [3.8, 4) is 0 Å². The Labute approximate surface area is 123 Å². The summed E-state index contributed by atoms with van der Waals surface area (Å²) in [4.78, 5) is 12.3. The van der Waals surface area contributed by atoms with Crippen molar-refractivity contribution < 1.29 is 4.79 Å². The van der Waals surface area contributed by atoms with E-state index in [1.807, 2.05) is 0 Å².